The summed E-state index contributed by atoms with van der Waals surface area (Å²) < 4.78 is 0. The molecule has 0 fully saturated rings. The smallest absolute Gasteiger partial charge is 0.150 e. The number of hydrogen-bond donors (Lipinski definition) is 0. The molecule has 2 aromatic carbocycles. The second-order valence-corrected chi connectivity index (χ2v) is 4.51. The molecule has 0 saturated carbocycles. The van der Waals surface area contributed by atoms with Crippen molar-refractivity contribution in [3.8, 4) is 0 Å². The van der Waals surface area contributed by atoms with Crippen LogP contribution < -0.4 is 0 Å². The van der Waals surface area contributed by atoms with Crippen molar-refractivity contribution in [2.45, 2.75) is 0 Å². The molecule has 1 aromatic heterocycles. The number of aromatic nitrogens is 1. The zero-order valence-corrected chi connectivity index (χ0v) is 10.9. The fourth-order valence-electron chi connectivity index (χ4n) is 2.12. The molecule has 0 bridgehead atoms. The van der Waals surface area contributed by atoms with E-state index in [2.05, 4.69) is 4.98 Å². The molecule has 2 heteroatoms. The zero-order chi connectivity index (χ0) is 13.8. The van der Waals surface area contributed by atoms with Gasteiger partial charge in [-0.1, -0.05) is 54.6 Å². The summed E-state index contributed by atoms with van der Waals surface area (Å²) >= 11 is 0. The van der Waals surface area contributed by atoms with Crippen molar-refractivity contribution in [2.24, 2.45) is 0 Å². The van der Waals surface area contributed by atoms with Crippen LogP contribution in [-0.4, -0.2) is 11.3 Å². The first-order chi connectivity index (χ1) is 9.86. The second-order valence-electron chi connectivity index (χ2n) is 4.51. The Bertz CT molecular complexity index is 790. The Labute approximate surface area is 117 Å². The minimum absolute atomic E-state index is 0.685. The van der Waals surface area contributed by atoms with Crippen molar-refractivity contribution in [3.63, 3.8) is 0 Å². The molecule has 0 N–H and O–H groups in total. The monoisotopic (exact) mass is 259 g/mol. The number of para-hydroxylation sites is 1. The molecule has 0 aliphatic rings. The lowest BCUT2D eigenvalue weighted by atomic mass is 10.1. The number of benzene rings is 2. The molecule has 0 unspecified atom stereocenters. The fourth-order valence-corrected chi connectivity index (χ4v) is 2.12. The third-order valence-corrected chi connectivity index (χ3v) is 3.18. The van der Waals surface area contributed by atoms with Gasteiger partial charge in [0, 0.05) is 10.9 Å². The normalized spacial score (nSPS) is 11.0. The maximum Gasteiger partial charge on any atom is 0.150 e. The molecule has 1 heterocycles. The molecule has 96 valence electrons. The van der Waals surface area contributed by atoms with E-state index in [1.165, 1.54) is 0 Å². The first-order valence-corrected chi connectivity index (χ1v) is 6.45. The van der Waals surface area contributed by atoms with Crippen molar-refractivity contribution in [3.05, 3.63) is 77.5 Å². The van der Waals surface area contributed by atoms with E-state index in [1.807, 2.05) is 66.7 Å². The van der Waals surface area contributed by atoms with Crippen molar-refractivity contribution >= 4 is 29.3 Å². The molecule has 0 aliphatic carbocycles. The Morgan fingerprint density at radius 2 is 1.50 bits per heavy atom. The van der Waals surface area contributed by atoms with Crippen LogP contribution in [0.4, 0.5) is 0 Å². The van der Waals surface area contributed by atoms with E-state index in [0.717, 1.165) is 28.4 Å². The van der Waals surface area contributed by atoms with Gasteiger partial charge in [0.1, 0.15) is 0 Å². The number of aldehydes is 1. The van der Waals surface area contributed by atoms with Gasteiger partial charge in [-0.05, 0) is 23.8 Å². The number of rotatable bonds is 3. The van der Waals surface area contributed by atoms with Gasteiger partial charge in [0.2, 0.25) is 0 Å². The summed E-state index contributed by atoms with van der Waals surface area (Å²) in [4.78, 5) is 15.5. The lowest BCUT2D eigenvalue weighted by Crippen LogP contribution is -1.85. The number of nitrogens with zero attached hydrogens (tertiary/aromatic N) is 1. The molecule has 0 atom stereocenters. The summed E-state index contributed by atoms with van der Waals surface area (Å²) in [5.41, 5.74) is 3.43. The van der Waals surface area contributed by atoms with Crippen LogP contribution in [0.5, 0.6) is 0 Å². The van der Waals surface area contributed by atoms with Gasteiger partial charge in [-0.3, -0.25) is 4.79 Å². The standard InChI is InChI=1S/C18H13NO/c20-13-16-7-2-1-5-14(16)9-11-17-12-10-15-6-3-4-8-18(15)19-17/h1-13H/b11-9+. The summed E-state index contributed by atoms with van der Waals surface area (Å²) in [7, 11) is 0. The van der Waals surface area contributed by atoms with Crippen LogP contribution in [0.1, 0.15) is 21.6 Å². The molecule has 0 saturated heterocycles. The quantitative estimate of drug-likeness (QED) is 0.659. The van der Waals surface area contributed by atoms with Crippen molar-refractivity contribution in [1.29, 1.82) is 0 Å². The first kappa shape index (κ1) is 12.3. The van der Waals surface area contributed by atoms with Crippen LogP contribution in [0.15, 0.2) is 60.7 Å². The fraction of sp³-hybridized carbons (Fsp3) is 0. The van der Waals surface area contributed by atoms with Crippen molar-refractivity contribution in [2.75, 3.05) is 0 Å². The maximum atomic E-state index is 11.0. The van der Waals surface area contributed by atoms with Gasteiger partial charge in [0.15, 0.2) is 6.29 Å². The molecule has 0 radical (unpaired) electrons. The van der Waals surface area contributed by atoms with Gasteiger partial charge in [0.05, 0.1) is 11.2 Å². The van der Waals surface area contributed by atoms with E-state index in [1.54, 1.807) is 6.07 Å². The Hall–Kier alpha value is -2.74. The van der Waals surface area contributed by atoms with Gasteiger partial charge in [-0.25, -0.2) is 4.98 Å². The predicted molar refractivity (Wildman–Crippen MR) is 82.5 cm³/mol. The Balaban J connectivity index is 1.96. The summed E-state index contributed by atoms with van der Waals surface area (Å²) in [5, 5.41) is 1.12. The highest BCUT2D eigenvalue weighted by atomic mass is 16.1. The third kappa shape index (κ3) is 2.50. The molecule has 2 nitrogen and oxygen atoms in total. The van der Waals surface area contributed by atoms with Gasteiger partial charge < -0.3 is 0 Å². The van der Waals surface area contributed by atoms with Gasteiger partial charge >= 0.3 is 0 Å². The van der Waals surface area contributed by atoms with E-state index < -0.39 is 0 Å². The molecular formula is C18H13NO. The summed E-state index contributed by atoms with van der Waals surface area (Å²) in [6, 6.07) is 19.5. The number of fused-ring (bicyclic) bond motifs is 1. The molecule has 0 aliphatic heterocycles. The van der Waals surface area contributed by atoms with Crippen LogP contribution in [0.3, 0.4) is 0 Å². The maximum absolute atomic E-state index is 11.0. The molecular weight excluding hydrogens is 246 g/mol. The number of carbonyl (C=O) groups excluding carboxylic acids is 1. The summed E-state index contributed by atoms with van der Waals surface area (Å²) in [5.74, 6) is 0. The summed E-state index contributed by atoms with van der Waals surface area (Å²) in [6.45, 7) is 0. The minimum atomic E-state index is 0.685. The summed E-state index contributed by atoms with van der Waals surface area (Å²) in [6.07, 6.45) is 4.71. The molecule has 3 aromatic rings. The van der Waals surface area contributed by atoms with Gasteiger partial charge in [0.25, 0.3) is 0 Å². The van der Waals surface area contributed by atoms with Gasteiger partial charge in [-0.2, -0.15) is 0 Å². The van der Waals surface area contributed by atoms with Crippen molar-refractivity contribution in [1.82, 2.24) is 4.98 Å². The average molecular weight is 259 g/mol. The Kier molecular flexibility index (Phi) is 3.38. The highest BCUT2D eigenvalue weighted by Gasteiger charge is 1.97. The van der Waals surface area contributed by atoms with Gasteiger partial charge in [-0.15, -0.1) is 0 Å². The van der Waals surface area contributed by atoms with E-state index in [-0.39, 0.29) is 0 Å². The topological polar surface area (TPSA) is 30.0 Å². The van der Waals surface area contributed by atoms with Crippen LogP contribution in [-0.2, 0) is 0 Å². The Morgan fingerprint density at radius 1 is 0.750 bits per heavy atom. The molecule has 3 rings (SSSR count). The van der Waals surface area contributed by atoms with E-state index in [9.17, 15) is 4.79 Å². The van der Waals surface area contributed by atoms with Crippen LogP contribution in [0.25, 0.3) is 23.1 Å². The van der Waals surface area contributed by atoms with Crippen LogP contribution in [0, 0.1) is 0 Å². The van der Waals surface area contributed by atoms with Crippen LogP contribution in [0.2, 0.25) is 0 Å². The zero-order valence-electron chi connectivity index (χ0n) is 10.9. The Morgan fingerprint density at radius 3 is 2.35 bits per heavy atom. The minimum Gasteiger partial charge on any atom is -0.298 e. The molecule has 0 spiro atoms. The number of pyridine rings is 1. The highest BCUT2D eigenvalue weighted by Crippen LogP contribution is 2.15. The number of hydrogen-bond acceptors (Lipinski definition) is 2. The lowest BCUT2D eigenvalue weighted by Gasteiger charge is -2.00. The van der Waals surface area contributed by atoms with E-state index in [0.29, 0.717) is 5.56 Å². The predicted octanol–water partition coefficient (Wildman–Crippen LogP) is 4.22. The molecule has 20 heavy (non-hydrogen) atoms. The average Bonchev–Trinajstić information content (AvgIpc) is 2.53. The third-order valence-electron chi connectivity index (χ3n) is 3.18. The van der Waals surface area contributed by atoms with Crippen molar-refractivity contribution < 1.29 is 4.79 Å². The van der Waals surface area contributed by atoms with E-state index in [4.69, 9.17) is 0 Å². The highest BCUT2D eigenvalue weighted by molar-refractivity contribution is 5.85. The first-order valence-electron chi connectivity index (χ1n) is 6.45. The number of carbonyl (C=O) groups is 1. The largest absolute Gasteiger partial charge is 0.298 e. The van der Waals surface area contributed by atoms with Crippen LogP contribution >= 0.6 is 0 Å². The molecule has 0 amide bonds. The SMILES string of the molecule is O=Cc1ccccc1/C=C/c1ccc2ccccc2n1. The second kappa shape index (κ2) is 5.49. The van der Waals surface area contributed by atoms with E-state index >= 15 is 0 Å². The lowest BCUT2D eigenvalue weighted by molar-refractivity contribution is 0.112.